The zero-order valence-corrected chi connectivity index (χ0v) is 21.2. The molecule has 0 fully saturated rings. The van der Waals surface area contributed by atoms with E-state index in [2.05, 4.69) is 16.0 Å². The van der Waals surface area contributed by atoms with Gasteiger partial charge >= 0.3 is 11.9 Å². The third-order valence-corrected chi connectivity index (χ3v) is 6.21. The number of nitrogens with one attached hydrogen (secondary N) is 3. The van der Waals surface area contributed by atoms with E-state index >= 15 is 0 Å². The van der Waals surface area contributed by atoms with Crippen LogP contribution in [-0.4, -0.2) is 64.0 Å². The van der Waals surface area contributed by atoms with E-state index in [1.807, 2.05) is 13.8 Å². The van der Waals surface area contributed by atoms with Gasteiger partial charge in [-0.3, -0.25) is 19.2 Å². The van der Waals surface area contributed by atoms with Crippen LogP contribution in [0.3, 0.4) is 0 Å². The van der Waals surface area contributed by atoms with Gasteiger partial charge in [-0.15, -0.1) is 0 Å². The molecular formula is C25H38N4O7. The van der Waals surface area contributed by atoms with Gasteiger partial charge in [0.1, 0.15) is 18.1 Å². The van der Waals surface area contributed by atoms with Crippen molar-refractivity contribution in [1.29, 1.82) is 0 Å². The Balaban J connectivity index is 3.05. The second-order valence-corrected chi connectivity index (χ2v) is 9.04. The van der Waals surface area contributed by atoms with Crippen LogP contribution in [0.15, 0.2) is 30.3 Å². The fourth-order valence-electron chi connectivity index (χ4n) is 3.50. The molecule has 7 N–H and O–H groups in total. The second-order valence-electron chi connectivity index (χ2n) is 9.04. The summed E-state index contributed by atoms with van der Waals surface area (Å²) in [6.45, 7) is 7.12. The van der Waals surface area contributed by atoms with Gasteiger partial charge in [0, 0.05) is 6.42 Å². The Bertz CT molecular complexity index is 909. The predicted molar refractivity (Wildman–Crippen MR) is 133 cm³/mol. The highest BCUT2D eigenvalue weighted by atomic mass is 16.4. The fourth-order valence-corrected chi connectivity index (χ4v) is 3.50. The van der Waals surface area contributed by atoms with Crippen LogP contribution in [-0.2, 0) is 30.4 Å². The zero-order chi connectivity index (χ0) is 27.4. The number of amides is 3. The van der Waals surface area contributed by atoms with Crippen LogP contribution < -0.4 is 21.7 Å². The summed E-state index contributed by atoms with van der Waals surface area (Å²) in [5.41, 5.74) is 6.36. The van der Waals surface area contributed by atoms with Crippen molar-refractivity contribution in [2.45, 2.75) is 77.5 Å². The molecule has 0 aliphatic heterocycles. The first kappa shape index (κ1) is 30.6. The summed E-state index contributed by atoms with van der Waals surface area (Å²) in [6.07, 6.45) is 0.482. The highest BCUT2D eigenvalue weighted by Crippen LogP contribution is 2.13. The van der Waals surface area contributed by atoms with Gasteiger partial charge < -0.3 is 31.9 Å². The van der Waals surface area contributed by atoms with E-state index in [4.69, 9.17) is 10.8 Å². The molecule has 0 radical (unpaired) electrons. The molecule has 1 rings (SSSR count). The summed E-state index contributed by atoms with van der Waals surface area (Å²) in [6, 6.07) is 4.17. The van der Waals surface area contributed by atoms with Crippen molar-refractivity contribution in [3.63, 3.8) is 0 Å². The predicted octanol–water partition coefficient (Wildman–Crippen LogP) is 0.662. The highest BCUT2D eigenvalue weighted by molar-refractivity contribution is 5.95. The van der Waals surface area contributed by atoms with Crippen molar-refractivity contribution < 1.29 is 34.2 Å². The average molecular weight is 507 g/mol. The zero-order valence-electron chi connectivity index (χ0n) is 21.2. The summed E-state index contributed by atoms with van der Waals surface area (Å²) in [5, 5.41) is 26.2. The largest absolute Gasteiger partial charge is 0.481 e. The lowest BCUT2D eigenvalue weighted by atomic mass is 9.94. The molecule has 0 aliphatic carbocycles. The maximum atomic E-state index is 13.2. The van der Waals surface area contributed by atoms with Crippen molar-refractivity contribution in [2.24, 2.45) is 17.6 Å². The number of hydrogen-bond donors (Lipinski definition) is 6. The molecule has 0 aliphatic rings. The van der Waals surface area contributed by atoms with E-state index < -0.39 is 60.2 Å². The third-order valence-electron chi connectivity index (χ3n) is 6.21. The normalized spacial score (nSPS) is 15.9. The molecule has 1 aromatic rings. The monoisotopic (exact) mass is 506 g/mol. The Labute approximate surface area is 211 Å². The van der Waals surface area contributed by atoms with E-state index in [0.29, 0.717) is 12.8 Å². The summed E-state index contributed by atoms with van der Waals surface area (Å²) < 4.78 is 0. The molecule has 0 bridgehead atoms. The maximum absolute atomic E-state index is 13.2. The van der Waals surface area contributed by atoms with Crippen molar-refractivity contribution >= 4 is 29.7 Å². The minimum atomic E-state index is -1.34. The number of rotatable bonds is 15. The van der Waals surface area contributed by atoms with Gasteiger partial charge in [-0.1, -0.05) is 70.9 Å². The Hall–Kier alpha value is -3.47. The SMILES string of the molecule is CCC(C)C(NC(=O)C(N)CC(=O)O)C(=O)NC(C(=O)NC(Cc1ccccc1)C(=O)O)C(C)CC. The van der Waals surface area contributed by atoms with Gasteiger partial charge in [0.25, 0.3) is 0 Å². The van der Waals surface area contributed by atoms with Crippen molar-refractivity contribution in [1.82, 2.24) is 16.0 Å². The minimum Gasteiger partial charge on any atom is -0.481 e. The van der Waals surface area contributed by atoms with E-state index in [9.17, 15) is 29.1 Å². The summed E-state index contributed by atoms with van der Waals surface area (Å²) in [4.78, 5) is 61.4. The highest BCUT2D eigenvalue weighted by Gasteiger charge is 2.34. The van der Waals surface area contributed by atoms with Crippen LogP contribution in [0.1, 0.15) is 52.5 Å². The Kier molecular flexibility index (Phi) is 12.6. The standard InChI is InChI=1S/C25H38N4O7/c1-5-14(3)20(23(33)27-18(25(35)36)12-16-10-8-7-9-11-16)29-24(34)21(15(4)6-2)28-22(32)17(26)13-19(30)31/h7-11,14-15,17-18,20-21H,5-6,12-13,26H2,1-4H3,(H,27,33)(H,28,32)(H,29,34)(H,30,31)(H,35,36). The van der Waals surface area contributed by atoms with E-state index in [0.717, 1.165) is 5.56 Å². The lowest BCUT2D eigenvalue weighted by Gasteiger charge is -2.30. The number of carboxylic acids is 2. The van der Waals surface area contributed by atoms with Crippen LogP contribution in [0.2, 0.25) is 0 Å². The first-order chi connectivity index (χ1) is 16.9. The summed E-state index contributed by atoms with van der Waals surface area (Å²) in [5.74, 6) is -5.25. The van der Waals surface area contributed by atoms with E-state index in [1.54, 1.807) is 44.2 Å². The molecule has 6 atom stereocenters. The molecule has 0 saturated carbocycles. The number of aliphatic carboxylic acids is 2. The number of hydrogen-bond acceptors (Lipinski definition) is 6. The first-order valence-corrected chi connectivity index (χ1v) is 12.1. The third kappa shape index (κ3) is 9.65. The van der Waals surface area contributed by atoms with Crippen LogP contribution in [0.4, 0.5) is 0 Å². The van der Waals surface area contributed by atoms with E-state index in [-0.39, 0.29) is 18.3 Å². The number of nitrogens with two attached hydrogens (primary N) is 1. The Morgan fingerprint density at radius 2 is 1.28 bits per heavy atom. The lowest BCUT2D eigenvalue weighted by Crippen LogP contribution is -2.60. The number of carbonyl (C=O) groups is 5. The minimum absolute atomic E-state index is 0.0656. The van der Waals surface area contributed by atoms with Gasteiger partial charge in [-0.25, -0.2) is 4.79 Å². The number of benzene rings is 1. The van der Waals surface area contributed by atoms with Gasteiger partial charge in [0.2, 0.25) is 17.7 Å². The van der Waals surface area contributed by atoms with Crippen molar-refractivity contribution in [2.75, 3.05) is 0 Å². The molecule has 200 valence electrons. The van der Waals surface area contributed by atoms with E-state index in [1.165, 1.54) is 0 Å². The molecule has 36 heavy (non-hydrogen) atoms. The molecule has 0 saturated heterocycles. The maximum Gasteiger partial charge on any atom is 0.326 e. The van der Waals surface area contributed by atoms with Crippen molar-refractivity contribution in [3.05, 3.63) is 35.9 Å². The Morgan fingerprint density at radius 3 is 1.72 bits per heavy atom. The summed E-state index contributed by atoms with van der Waals surface area (Å²) in [7, 11) is 0. The molecule has 1 aromatic carbocycles. The molecule has 0 aromatic heterocycles. The van der Waals surface area contributed by atoms with Gasteiger partial charge in [-0.2, -0.15) is 0 Å². The molecule has 3 amide bonds. The Morgan fingerprint density at radius 1 is 0.806 bits per heavy atom. The smallest absolute Gasteiger partial charge is 0.326 e. The number of carboxylic acid groups (broad SMARTS) is 2. The van der Waals surface area contributed by atoms with Gasteiger partial charge in [-0.05, 0) is 17.4 Å². The average Bonchev–Trinajstić information content (AvgIpc) is 2.84. The van der Waals surface area contributed by atoms with Crippen LogP contribution in [0.25, 0.3) is 0 Å². The van der Waals surface area contributed by atoms with Crippen LogP contribution in [0.5, 0.6) is 0 Å². The van der Waals surface area contributed by atoms with Crippen LogP contribution in [0, 0.1) is 11.8 Å². The molecule has 11 heteroatoms. The molecule has 11 nitrogen and oxygen atoms in total. The topological polar surface area (TPSA) is 188 Å². The second kappa shape index (κ2) is 14.8. The van der Waals surface area contributed by atoms with Gasteiger partial charge in [0.15, 0.2) is 0 Å². The summed E-state index contributed by atoms with van der Waals surface area (Å²) >= 11 is 0. The quantitative estimate of drug-likeness (QED) is 0.200. The molecule has 0 heterocycles. The first-order valence-electron chi connectivity index (χ1n) is 12.1. The van der Waals surface area contributed by atoms with Crippen molar-refractivity contribution in [3.8, 4) is 0 Å². The van der Waals surface area contributed by atoms with Crippen LogP contribution >= 0.6 is 0 Å². The fraction of sp³-hybridized carbons (Fsp3) is 0.560. The molecular weight excluding hydrogens is 468 g/mol. The number of carbonyl (C=O) groups excluding carboxylic acids is 3. The molecule has 0 spiro atoms. The van der Waals surface area contributed by atoms with Gasteiger partial charge in [0.05, 0.1) is 12.5 Å². The lowest BCUT2D eigenvalue weighted by molar-refractivity contribution is -0.142. The molecule has 6 unspecified atom stereocenters.